The summed E-state index contributed by atoms with van der Waals surface area (Å²) in [5.74, 6) is -0.622. The Morgan fingerprint density at radius 1 is 1.10 bits per heavy atom. The van der Waals surface area contributed by atoms with E-state index >= 15 is 0 Å². The number of carbonyl (C=O) groups is 2. The van der Waals surface area contributed by atoms with Crippen LogP contribution in [0.4, 0.5) is 4.39 Å². The van der Waals surface area contributed by atoms with Gasteiger partial charge in [0.1, 0.15) is 11.9 Å². The van der Waals surface area contributed by atoms with Gasteiger partial charge in [-0.05, 0) is 56.0 Å². The minimum atomic E-state index is -0.616. The highest BCUT2D eigenvalue weighted by Crippen LogP contribution is 2.16. The maximum absolute atomic E-state index is 13.3. The van der Waals surface area contributed by atoms with Crippen LogP contribution in [-0.4, -0.2) is 29.3 Å². The van der Waals surface area contributed by atoms with Gasteiger partial charge in [0.05, 0.1) is 6.42 Å². The van der Waals surface area contributed by atoms with Gasteiger partial charge in [0.15, 0.2) is 0 Å². The molecule has 0 saturated heterocycles. The van der Waals surface area contributed by atoms with Crippen molar-refractivity contribution in [2.45, 2.75) is 59.5 Å². The number of nitrogens with zero attached hydrogens (tertiary/aromatic N) is 1. The lowest BCUT2D eigenvalue weighted by molar-refractivity contribution is -0.140. The molecule has 0 aromatic heterocycles. The van der Waals surface area contributed by atoms with Crippen molar-refractivity contribution < 1.29 is 14.0 Å². The van der Waals surface area contributed by atoms with Crippen molar-refractivity contribution in [2.75, 3.05) is 6.54 Å². The van der Waals surface area contributed by atoms with Crippen LogP contribution in [0.1, 0.15) is 48.9 Å². The number of aryl methyl sites for hydroxylation is 2. The fourth-order valence-corrected chi connectivity index (χ4v) is 3.16. The summed E-state index contributed by atoms with van der Waals surface area (Å²) in [6.45, 7) is 8.62. The molecule has 0 heterocycles. The van der Waals surface area contributed by atoms with Crippen LogP contribution in [0.3, 0.4) is 0 Å². The van der Waals surface area contributed by atoms with Crippen LogP contribution in [0.5, 0.6) is 0 Å². The number of benzene rings is 2. The Balaban J connectivity index is 2.22. The molecule has 0 aliphatic carbocycles. The largest absolute Gasteiger partial charge is 0.354 e. The molecule has 29 heavy (non-hydrogen) atoms. The topological polar surface area (TPSA) is 49.4 Å². The van der Waals surface area contributed by atoms with Crippen LogP contribution in [0.2, 0.25) is 0 Å². The Morgan fingerprint density at radius 2 is 1.79 bits per heavy atom. The summed E-state index contributed by atoms with van der Waals surface area (Å²) < 4.78 is 13.3. The number of nitrogens with one attached hydrogen (secondary N) is 1. The second kappa shape index (κ2) is 10.7. The molecule has 2 aromatic carbocycles. The maximum Gasteiger partial charge on any atom is 0.242 e. The maximum atomic E-state index is 13.3. The molecule has 0 aliphatic rings. The average molecular weight is 399 g/mol. The average Bonchev–Trinajstić information content (AvgIpc) is 2.69. The Hall–Kier alpha value is -2.69. The third-order valence-corrected chi connectivity index (χ3v) is 5.11. The van der Waals surface area contributed by atoms with Crippen LogP contribution >= 0.6 is 0 Å². The van der Waals surface area contributed by atoms with Gasteiger partial charge in [0.25, 0.3) is 0 Å². The van der Waals surface area contributed by atoms with Gasteiger partial charge in [0.2, 0.25) is 11.8 Å². The molecule has 2 amide bonds. The quantitative estimate of drug-likeness (QED) is 0.640. The molecule has 0 aliphatic heterocycles. The van der Waals surface area contributed by atoms with E-state index in [4.69, 9.17) is 0 Å². The highest BCUT2D eigenvalue weighted by Gasteiger charge is 2.26. The number of halogens is 1. The van der Waals surface area contributed by atoms with Crippen LogP contribution in [0.15, 0.2) is 42.5 Å². The molecule has 0 bridgehead atoms. The molecular weight excluding hydrogens is 367 g/mol. The third-order valence-electron chi connectivity index (χ3n) is 5.11. The number of hydrogen-bond donors (Lipinski definition) is 1. The first kappa shape index (κ1) is 22.6. The lowest BCUT2D eigenvalue weighted by atomic mass is 10.0. The van der Waals surface area contributed by atoms with Gasteiger partial charge in [-0.25, -0.2) is 4.39 Å². The first-order valence-corrected chi connectivity index (χ1v) is 10.2. The standard InChI is InChI=1S/C24H31FN2O2/c1-5-6-13-26-24(29)19(4)27(16-20-9-11-22(25)12-10-20)23(28)15-21-14-17(2)7-8-18(21)3/h7-12,14,19H,5-6,13,15-16H2,1-4H3,(H,26,29)/t19-/m1/s1. The molecule has 2 rings (SSSR count). The highest BCUT2D eigenvalue weighted by molar-refractivity contribution is 5.88. The number of hydrogen-bond acceptors (Lipinski definition) is 2. The van der Waals surface area contributed by atoms with E-state index in [2.05, 4.69) is 12.2 Å². The fourth-order valence-electron chi connectivity index (χ4n) is 3.16. The number of amides is 2. The van der Waals surface area contributed by atoms with Gasteiger partial charge < -0.3 is 10.2 Å². The smallest absolute Gasteiger partial charge is 0.242 e. The van der Waals surface area contributed by atoms with E-state index in [-0.39, 0.29) is 30.6 Å². The molecule has 0 fully saturated rings. The summed E-state index contributed by atoms with van der Waals surface area (Å²) in [7, 11) is 0. The third kappa shape index (κ3) is 6.70. The monoisotopic (exact) mass is 398 g/mol. The molecule has 1 atom stereocenters. The van der Waals surface area contributed by atoms with Crippen molar-refractivity contribution in [3.05, 3.63) is 70.5 Å². The molecule has 2 aromatic rings. The second-order valence-corrected chi connectivity index (χ2v) is 7.58. The predicted molar refractivity (Wildman–Crippen MR) is 114 cm³/mol. The van der Waals surface area contributed by atoms with Gasteiger partial charge in [-0.3, -0.25) is 9.59 Å². The lowest BCUT2D eigenvalue weighted by Crippen LogP contribution is -2.48. The molecule has 156 valence electrons. The van der Waals surface area contributed by atoms with Crippen molar-refractivity contribution in [2.24, 2.45) is 0 Å². The van der Waals surface area contributed by atoms with Crippen LogP contribution in [0, 0.1) is 19.7 Å². The molecule has 0 unspecified atom stereocenters. The summed E-state index contributed by atoms with van der Waals surface area (Å²) in [6, 6.07) is 11.4. The number of rotatable bonds is 9. The molecule has 5 heteroatoms. The van der Waals surface area contributed by atoms with E-state index in [9.17, 15) is 14.0 Å². The normalized spacial score (nSPS) is 11.8. The van der Waals surface area contributed by atoms with Gasteiger partial charge in [-0.2, -0.15) is 0 Å². The van der Waals surface area contributed by atoms with Crippen molar-refractivity contribution in [1.29, 1.82) is 0 Å². The zero-order valence-corrected chi connectivity index (χ0v) is 17.8. The van der Waals surface area contributed by atoms with E-state index in [1.165, 1.54) is 12.1 Å². The summed E-state index contributed by atoms with van der Waals surface area (Å²) in [5.41, 5.74) is 3.88. The summed E-state index contributed by atoms with van der Waals surface area (Å²) >= 11 is 0. The fraction of sp³-hybridized carbons (Fsp3) is 0.417. The summed E-state index contributed by atoms with van der Waals surface area (Å²) in [6.07, 6.45) is 2.10. The molecular formula is C24H31FN2O2. The van der Waals surface area contributed by atoms with E-state index < -0.39 is 6.04 Å². The van der Waals surface area contributed by atoms with Crippen molar-refractivity contribution >= 4 is 11.8 Å². The van der Waals surface area contributed by atoms with E-state index in [1.54, 1.807) is 24.0 Å². The van der Waals surface area contributed by atoms with E-state index in [0.717, 1.165) is 35.1 Å². The van der Waals surface area contributed by atoms with Gasteiger partial charge in [-0.1, -0.05) is 49.2 Å². The Kier molecular flexibility index (Phi) is 8.37. The molecule has 0 spiro atoms. The Bertz CT molecular complexity index is 833. The molecule has 1 N–H and O–H groups in total. The first-order valence-electron chi connectivity index (χ1n) is 10.2. The van der Waals surface area contributed by atoms with Crippen LogP contribution < -0.4 is 5.32 Å². The van der Waals surface area contributed by atoms with Gasteiger partial charge in [0, 0.05) is 13.1 Å². The molecule has 0 radical (unpaired) electrons. The SMILES string of the molecule is CCCCNC(=O)[C@@H](C)N(Cc1ccc(F)cc1)C(=O)Cc1cc(C)ccc1C. The lowest BCUT2D eigenvalue weighted by Gasteiger charge is -2.29. The summed E-state index contributed by atoms with van der Waals surface area (Å²) in [5, 5.41) is 2.91. The number of carbonyl (C=O) groups excluding carboxylic acids is 2. The Morgan fingerprint density at radius 3 is 2.45 bits per heavy atom. The van der Waals surface area contributed by atoms with Gasteiger partial charge >= 0.3 is 0 Å². The summed E-state index contributed by atoms with van der Waals surface area (Å²) in [4.78, 5) is 27.4. The zero-order chi connectivity index (χ0) is 21.4. The first-order chi connectivity index (χ1) is 13.8. The van der Waals surface area contributed by atoms with Crippen LogP contribution in [-0.2, 0) is 22.6 Å². The van der Waals surface area contributed by atoms with E-state index in [0.29, 0.717) is 6.54 Å². The predicted octanol–water partition coefficient (Wildman–Crippen LogP) is 4.32. The highest BCUT2D eigenvalue weighted by atomic mass is 19.1. The van der Waals surface area contributed by atoms with Crippen LogP contribution in [0.25, 0.3) is 0 Å². The minimum absolute atomic E-state index is 0.124. The van der Waals surface area contributed by atoms with Gasteiger partial charge in [-0.15, -0.1) is 0 Å². The second-order valence-electron chi connectivity index (χ2n) is 7.58. The number of unbranched alkanes of at least 4 members (excludes halogenated alkanes) is 1. The minimum Gasteiger partial charge on any atom is -0.354 e. The molecule has 0 saturated carbocycles. The molecule has 4 nitrogen and oxygen atoms in total. The Labute approximate surface area is 173 Å². The van der Waals surface area contributed by atoms with E-state index in [1.807, 2.05) is 32.0 Å². The van der Waals surface area contributed by atoms with Crippen molar-refractivity contribution in [3.8, 4) is 0 Å². The zero-order valence-electron chi connectivity index (χ0n) is 17.8. The van der Waals surface area contributed by atoms with Crippen molar-refractivity contribution in [3.63, 3.8) is 0 Å². The van der Waals surface area contributed by atoms with Crippen molar-refractivity contribution in [1.82, 2.24) is 10.2 Å².